The molecular weight excluding hydrogens is 271 g/mol. The van der Waals surface area contributed by atoms with Crippen LogP contribution < -0.4 is 9.46 Å². The molecule has 1 aliphatic carbocycles. The van der Waals surface area contributed by atoms with Crippen molar-refractivity contribution in [3.63, 3.8) is 0 Å². The second kappa shape index (κ2) is 4.47. The van der Waals surface area contributed by atoms with Crippen molar-refractivity contribution >= 4 is 10.0 Å². The van der Waals surface area contributed by atoms with Gasteiger partial charge in [-0.2, -0.15) is 9.98 Å². The smallest absolute Gasteiger partial charge is 0.242 e. The Morgan fingerprint density at radius 1 is 1.47 bits per heavy atom. The van der Waals surface area contributed by atoms with Crippen LogP contribution in [0.25, 0.3) is 0 Å². The van der Waals surface area contributed by atoms with E-state index in [1.165, 1.54) is 26.2 Å². The van der Waals surface area contributed by atoms with Crippen LogP contribution in [0.1, 0.15) is 18.4 Å². The Morgan fingerprint density at radius 2 is 2.11 bits per heavy atom. The number of sulfonamides is 1. The van der Waals surface area contributed by atoms with Gasteiger partial charge in [-0.05, 0) is 31.9 Å². The minimum Gasteiger partial charge on any atom is -0.494 e. The van der Waals surface area contributed by atoms with E-state index >= 15 is 0 Å². The lowest BCUT2D eigenvalue weighted by molar-refractivity contribution is 0.384. The van der Waals surface area contributed by atoms with Gasteiger partial charge in [0.15, 0.2) is 11.6 Å². The maximum Gasteiger partial charge on any atom is 0.242 e. The number of ether oxygens (including phenoxy) is 1. The molecule has 1 aliphatic rings. The van der Waals surface area contributed by atoms with Crippen LogP contribution in [-0.4, -0.2) is 21.1 Å². The largest absolute Gasteiger partial charge is 0.494 e. The molecule has 7 heteroatoms. The summed E-state index contributed by atoms with van der Waals surface area (Å²) in [7, 11) is -2.61. The summed E-state index contributed by atoms with van der Waals surface area (Å²) in [5.41, 5.74) is -1.05. The monoisotopic (exact) mass is 284 g/mol. The second-order valence-electron chi connectivity index (χ2n) is 4.50. The fourth-order valence-electron chi connectivity index (χ4n) is 1.77. The molecule has 0 heterocycles. The molecule has 2 rings (SSSR count). The van der Waals surface area contributed by atoms with Gasteiger partial charge in [0, 0.05) is 5.56 Å². The summed E-state index contributed by atoms with van der Waals surface area (Å²) in [6, 6.07) is 4.45. The second-order valence-corrected chi connectivity index (χ2v) is 6.16. The fourth-order valence-corrected chi connectivity index (χ4v) is 3.38. The maximum absolute atomic E-state index is 13.8. The summed E-state index contributed by atoms with van der Waals surface area (Å²) in [6.07, 6.45) is 0.945. The third-order valence-electron chi connectivity index (χ3n) is 3.10. The van der Waals surface area contributed by atoms with Crippen molar-refractivity contribution in [1.82, 2.24) is 4.72 Å². The van der Waals surface area contributed by atoms with Crippen LogP contribution in [0.5, 0.6) is 5.75 Å². The molecule has 102 valence electrons. The SMILES string of the molecule is COc1ccc(S(=O)(=O)NC2(C#N)CC2)c(C)c1F. The Hall–Kier alpha value is -1.65. The molecule has 1 saturated carbocycles. The molecule has 0 radical (unpaired) electrons. The summed E-state index contributed by atoms with van der Waals surface area (Å²) < 4.78 is 45.2. The normalized spacial score (nSPS) is 16.7. The number of benzene rings is 1. The minimum absolute atomic E-state index is 0.0159. The highest BCUT2D eigenvalue weighted by Gasteiger charge is 2.47. The Kier molecular flexibility index (Phi) is 3.24. The molecule has 0 aromatic heterocycles. The van der Waals surface area contributed by atoms with Crippen LogP contribution in [0.3, 0.4) is 0 Å². The van der Waals surface area contributed by atoms with Crippen molar-refractivity contribution < 1.29 is 17.5 Å². The highest BCUT2D eigenvalue weighted by atomic mass is 32.2. The molecule has 0 saturated heterocycles. The molecule has 1 aromatic rings. The van der Waals surface area contributed by atoms with Gasteiger partial charge in [-0.15, -0.1) is 0 Å². The predicted molar refractivity (Wildman–Crippen MR) is 65.6 cm³/mol. The van der Waals surface area contributed by atoms with E-state index in [-0.39, 0.29) is 16.2 Å². The van der Waals surface area contributed by atoms with Gasteiger partial charge in [0.1, 0.15) is 5.54 Å². The van der Waals surface area contributed by atoms with Crippen LogP contribution in [-0.2, 0) is 10.0 Å². The summed E-state index contributed by atoms with van der Waals surface area (Å²) in [4.78, 5) is -0.174. The van der Waals surface area contributed by atoms with Crippen LogP contribution in [0.4, 0.5) is 4.39 Å². The fraction of sp³-hybridized carbons (Fsp3) is 0.417. The zero-order valence-electron chi connectivity index (χ0n) is 10.5. The highest BCUT2D eigenvalue weighted by molar-refractivity contribution is 7.89. The summed E-state index contributed by atoms with van der Waals surface area (Å²) in [6.45, 7) is 1.36. The molecule has 1 N–H and O–H groups in total. The molecule has 0 unspecified atom stereocenters. The lowest BCUT2D eigenvalue weighted by atomic mass is 10.2. The van der Waals surface area contributed by atoms with Crippen molar-refractivity contribution in [3.8, 4) is 11.8 Å². The topological polar surface area (TPSA) is 79.2 Å². The quantitative estimate of drug-likeness (QED) is 0.908. The number of hydrogen-bond donors (Lipinski definition) is 1. The van der Waals surface area contributed by atoms with Crippen molar-refractivity contribution in [3.05, 3.63) is 23.5 Å². The lowest BCUT2D eigenvalue weighted by Gasteiger charge is -2.13. The van der Waals surface area contributed by atoms with Crippen molar-refractivity contribution in [1.29, 1.82) is 5.26 Å². The van der Waals surface area contributed by atoms with Gasteiger partial charge in [-0.25, -0.2) is 12.8 Å². The molecule has 19 heavy (non-hydrogen) atoms. The molecule has 1 fully saturated rings. The van der Waals surface area contributed by atoms with E-state index in [1.807, 2.05) is 6.07 Å². The van der Waals surface area contributed by atoms with Crippen LogP contribution in [0.2, 0.25) is 0 Å². The Bertz CT molecular complexity index is 660. The van der Waals surface area contributed by atoms with Crippen molar-refractivity contribution in [2.24, 2.45) is 0 Å². The molecule has 1 aromatic carbocycles. The Morgan fingerprint density at radius 3 is 2.58 bits per heavy atom. The van der Waals surface area contributed by atoms with Crippen LogP contribution in [0, 0.1) is 24.1 Å². The number of hydrogen-bond acceptors (Lipinski definition) is 4. The summed E-state index contributed by atoms with van der Waals surface area (Å²) in [5.74, 6) is -0.731. The third kappa shape index (κ3) is 2.41. The first-order chi connectivity index (χ1) is 8.85. The zero-order valence-corrected chi connectivity index (χ0v) is 11.3. The molecule has 0 aliphatic heterocycles. The van der Waals surface area contributed by atoms with E-state index in [4.69, 9.17) is 10.00 Å². The molecule has 0 atom stereocenters. The standard InChI is InChI=1S/C12H13FN2O3S/c1-8-10(4-3-9(18-2)11(8)13)19(16,17)15-12(7-14)5-6-12/h3-4,15H,5-6H2,1-2H3. The minimum atomic E-state index is -3.91. The average molecular weight is 284 g/mol. The molecule has 0 spiro atoms. The third-order valence-corrected chi connectivity index (χ3v) is 4.79. The van der Waals surface area contributed by atoms with Gasteiger partial charge in [-0.3, -0.25) is 0 Å². The van der Waals surface area contributed by atoms with Gasteiger partial charge < -0.3 is 4.74 Å². The van der Waals surface area contributed by atoms with Crippen LogP contribution >= 0.6 is 0 Å². The lowest BCUT2D eigenvalue weighted by Crippen LogP contribution is -2.36. The number of rotatable bonds is 4. The summed E-state index contributed by atoms with van der Waals surface area (Å²) >= 11 is 0. The van der Waals surface area contributed by atoms with E-state index in [1.54, 1.807) is 0 Å². The maximum atomic E-state index is 13.8. The average Bonchev–Trinajstić information content (AvgIpc) is 3.12. The van der Waals surface area contributed by atoms with Crippen molar-refractivity contribution in [2.75, 3.05) is 7.11 Å². The Balaban J connectivity index is 2.42. The van der Waals surface area contributed by atoms with Crippen molar-refractivity contribution in [2.45, 2.75) is 30.2 Å². The molecule has 0 bridgehead atoms. The van der Waals surface area contributed by atoms with E-state index in [0.717, 1.165) is 0 Å². The molecule has 5 nitrogen and oxygen atoms in total. The molecular formula is C12H13FN2O3S. The number of halogens is 1. The first kappa shape index (κ1) is 13.8. The molecule has 0 amide bonds. The van der Waals surface area contributed by atoms with Gasteiger partial charge in [0.05, 0.1) is 18.1 Å². The summed E-state index contributed by atoms with van der Waals surface area (Å²) in [5, 5.41) is 8.90. The van der Waals surface area contributed by atoms with E-state index in [9.17, 15) is 12.8 Å². The predicted octanol–water partition coefficient (Wildman–Crippen LogP) is 1.48. The number of methoxy groups -OCH3 is 1. The van der Waals surface area contributed by atoms with E-state index in [0.29, 0.717) is 12.8 Å². The highest BCUT2D eigenvalue weighted by Crippen LogP contribution is 2.36. The van der Waals surface area contributed by atoms with Gasteiger partial charge in [-0.1, -0.05) is 0 Å². The van der Waals surface area contributed by atoms with Gasteiger partial charge in [0.2, 0.25) is 10.0 Å². The van der Waals surface area contributed by atoms with E-state index in [2.05, 4.69) is 4.72 Å². The number of nitrogens with zero attached hydrogens (tertiary/aromatic N) is 1. The van der Waals surface area contributed by atoms with Crippen LogP contribution in [0.15, 0.2) is 17.0 Å². The van der Waals surface area contributed by atoms with Gasteiger partial charge in [0.25, 0.3) is 0 Å². The first-order valence-electron chi connectivity index (χ1n) is 5.63. The van der Waals surface area contributed by atoms with Gasteiger partial charge >= 0.3 is 0 Å². The van der Waals surface area contributed by atoms with E-state index < -0.39 is 21.4 Å². The number of nitrogens with one attached hydrogen (secondary N) is 1. The Labute approximate surface area is 111 Å². The zero-order chi connectivity index (χ0) is 14.3. The number of nitriles is 1. The first-order valence-corrected chi connectivity index (χ1v) is 7.12.